The molecule has 0 aromatic carbocycles. The molecule has 1 saturated carbocycles. The fraction of sp³-hybridized carbons (Fsp3) is 0.214. The monoisotopic (exact) mass is 296 g/mol. The molecule has 3 rings (SSSR count). The van der Waals surface area contributed by atoms with E-state index in [4.69, 9.17) is 17.5 Å². The van der Waals surface area contributed by atoms with Gasteiger partial charge in [-0.1, -0.05) is 6.07 Å². The summed E-state index contributed by atoms with van der Waals surface area (Å²) in [6, 6.07) is 9.79. The number of pyridine rings is 1. The maximum atomic E-state index is 8.99. The van der Waals surface area contributed by atoms with E-state index in [-0.39, 0.29) is 6.04 Å². The predicted octanol–water partition coefficient (Wildman–Crippen LogP) is 1.59. The van der Waals surface area contributed by atoms with Crippen molar-refractivity contribution in [2.24, 2.45) is 0 Å². The molecular weight excluding hydrogens is 284 g/mol. The highest BCUT2D eigenvalue weighted by Gasteiger charge is 2.39. The van der Waals surface area contributed by atoms with Crippen LogP contribution < -0.4 is 10.6 Å². The molecule has 104 valence electrons. The molecule has 2 N–H and O–H groups in total. The molecule has 6 nitrogen and oxygen atoms in total. The Morgan fingerprint density at radius 2 is 2.24 bits per heavy atom. The van der Waals surface area contributed by atoms with Gasteiger partial charge in [0.1, 0.15) is 6.07 Å². The van der Waals surface area contributed by atoms with Gasteiger partial charge in [-0.3, -0.25) is 4.98 Å². The third-order valence-electron chi connectivity index (χ3n) is 3.25. The first-order chi connectivity index (χ1) is 10.3. The van der Waals surface area contributed by atoms with Crippen molar-refractivity contribution in [3.8, 4) is 6.07 Å². The summed E-state index contributed by atoms with van der Waals surface area (Å²) in [6.45, 7) is 0. The van der Waals surface area contributed by atoms with Crippen LogP contribution in [0.5, 0.6) is 0 Å². The lowest BCUT2D eigenvalue weighted by molar-refractivity contribution is 0.857. The van der Waals surface area contributed by atoms with E-state index in [9.17, 15) is 0 Å². The summed E-state index contributed by atoms with van der Waals surface area (Å²) < 4.78 is 0. The zero-order chi connectivity index (χ0) is 14.7. The second kappa shape index (κ2) is 5.81. The lowest BCUT2D eigenvalue weighted by Gasteiger charge is -2.09. The Bertz CT molecular complexity index is 696. The molecule has 2 atom stereocenters. The highest BCUT2D eigenvalue weighted by Crippen LogP contribution is 2.39. The van der Waals surface area contributed by atoms with Gasteiger partial charge < -0.3 is 10.6 Å². The van der Waals surface area contributed by atoms with Gasteiger partial charge in [0, 0.05) is 23.9 Å². The van der Waals surface area contributed by atoms with E-state index in [1.807, 2.05) is 24.3 Å². The van der Waals surface area contributed by atoms with Crippen molar-refractivity contribution in [3.63, 3.8) is 0 Å². The number of anilines is 1. The zero-order valence-electron chi connectivity index (χ0n) is 11.0. The molecule has 0 spiro atoms. The van der Waals surface area contributed by atoms with Crippen LogP contribution in [0.25, 0.3) is 0 Å². The number of rotatable bonds is 3. The first-order valence-corrected chi connectivity index (χ1v) is 6.89. The van der Waals surface area contributed by atoms with Gasteiger partial charge in [-0.05, 0) is 36.8 Å². The quantitative estimate of drug-likeness (QED) is 0.832. The van der Waals surface area contributed by atoms with Crippen molar-refractivity contribution >= 4 is 23.1 Å². The molecule has 0 radical (unpaired) electrons. The Labute approximate surface area is 127 Å². The van der Waals surface area contributed by atoms with Crippen molar-refractivity contribution in [2.75, 3.05) is 5.32 Å². The molecule has 21 heavy (non-hydrogen) atoms. The maximum Gasteiger partial charge on any atom is 0.172 e. The molecule has 0 bridgehead atoms. The molecule has 2 heterocycles. The second-order valence-electron chi connectivity index (χ2n) is 4.71. The number of thiocarbonyl (C=S) groups is 1. The maximum absolute atomic E-state index is 8.99. The summed E-state index contributed by atoms with van der Waals surface area (Å²) in [5, 5.41) is 23.2. The summed E-state index contributed by atoms with van der Waals surface area (Å²) >= 11 is 5.24. The van der Waals surface area contributed by atoms with Crippen LogP contribution in [0.3, 0.4) is 0 Å². The summed E-state index contributed by atoms with van der Waals surface area (Å²) in [6.07, 6.45) is 4.25. The van der Waals surface area contributed by atoms with E-state index >= 15 is 0 Å². The van der Waals surface area contributed by atoms with Crippen molar-refractivity contribution in [3.05, 3.63) is 47.9 Å². The minimum atomic E-state index is 0.266. The van der Waals surface area contributed by atoms with Gasteiger partial charge in [0.15, 0.2) is 10.9 Å². The second-order valence-corrected chi connectivity index (χ2v) is 5.12. The number of nitrogens with zero attached hydrogens (tertiary/aromatic N) is 4. The number of aromatic nitrogens is 3. The van der Waals surface area contributed by atoms with Crippen LogP contribution in [-0.2, 0) is 0 Å². The van der Waals surface area contributed by atoms with Crippen molar-refractivity contribution in [2.45, 2.75) is 18.4 Å². The average Bonchev–Trinajstić information content (AvgIpc) is 3.27. The number of hydrogen-bond acceptors (Lipinski definition) is 5. The van der Waals surface area contributed by atoms with Crippen LogP contribution in [-0.4, -0.2) is 26.3 Å². The lowest BCUT2D eigenvalue weighted by atomic mass is 10.2. The van der Waals surface area contributed by atoms with Crippen LogP contribution in [0.4, 0.5) is 5.82 Å². The van der Waals surface area contributed by atoms with Gasteiger partial charge in [0.25, 0.3) is 0 Å². The minimum Gasteiger partial charge on any atom is -0.359 e. The highest BCUT2D eigenvalue weighted by molar-refractivity contribution is 7.80. The Morgan fingerprint density at radius 1 is 1.33 bits per heavy atom. The van der Waals surface area contributed by atoms with Crippen molar-refractivity contribution < 1.29 is 0 Å². The molecule has 0 saturated heterocycles. The third kappa shape index (κ3) is 3.12. The van der Waals surface area contributed by atoms with Gasteiger partial charge in [-0.15, -0.1) is 5.10 Å². The normalized spacial score (nSPS) is 19.4. The van der Waals surface area contributed by atoms with Crippen LogP contribution in [0.2, 0.25) is 0 Å². The van der Waals surface area contributed by atoms with E-state index in [2.05, 4.69) is 25.8 Å². The summed E-state index contributed by atoms with van der Waals surface area (Å²) in [5.74, 6) is 0.746. The summed E-state index contributed by atoms with van der Waals surface area (Å²) in [5.41, 5.74) is 1.47. The van der Waals surface area contributed by atoms with E-state index in [1.165, 1.54) is 6.20 Å². The molecule has 0 aliphatic heterocycles. The molecule has 1 aliphatic rings. The van der Waals surface area contributed by atoms with Gasteiger partial charge in [-0.25, -0.2) is 0 Å². The minimum absolute atomic E-state index is 0.266. The van der Waals surface area contributed by atoms with Gasteiger partial charge in [0.2, 0.25) is 0 Å². The van der Waals surface area contributed by atoms with E-state index in [0.29, 0.717) is 22.4 Å². The third-order valence-corrected chi connectivity index (χ3v) is 3.47. The number of nitrogens with one attached hydrogen (secondary N) is 2. The fourth-order valence-electron chi connectivity index (χ4n) is 2.10. The molecule has 1 aliphatic carbocycles. The topological polar surface area (TPSA) is 86.5 Å². The molecule has 1 fully saturated rings. The molecular formula is C14H12N6S. The molecule has 2 aromatic heterocycles. The molecule has 7 heteroatoms. The van der Waals surface area contributed by atoms with Crippen molar-refractivity contribution in [1.82, 2.24) is 20.5 Å². The number of hydrogen-bond donors (Lipinski definition) is 2. The zero-order valence-corrected chi connectivity index (χ0v) is 11.8. The van der Waals surface area contributed by atoms with Crippen LogP contribution in [0.15, 0.2) is 36.7 Å². The highest BCUT2D eigenvalue weighted by atomic mass is 32.1. The van der Waals surface area contributed by atoms with Crippen molar-refractivity contribution in [1.29, 1.82) is 5.26 Å². The average molecular weight is 296 g/mol. The molecule has 0 amide bonds. The Balaban J connectivity index is 1.58. The smallest absolute Gasteiger partial charge is 0.172 e. The van der Waals surface area contributed by atoms with Crippen LogP contribution in [0, 0.1) is 11.3 Å². The Morgan fingerprint density at radius 3 is 3.00 bits per heavy atom. The summed E-state index contributed by atoms with van der Waals surface area (Å²) in [4.78, 5) is 4.34. The van der Waals surface area contributed by atoms with Gasteiger partial charge in [0.05, 0.1) is 11.8 Å². The predicted molar refractivity (Wildman–Crippen MR) is 81.5 cm³/mol. The van der Waals surface area contributed by atoms with Crippen LogP contribution in [0.1, 0.15) is 23.6 Å². The lowest BCUT2D eigenvalue weighted by Crippen LogP contribution is -2.31. The largest absolute Gasteiger partial charge is 0.359 e. The van der Waals surface area contributed by atoms with Gasteiger partial charge >= 0.3 is 0 Å². The fourth-order valence-corrected chi connectivity index (χ4v) is 2.35. The van der Waals surface area contributed by atoms with Gasteiger partial charge in [-0.2, -0.15) is 10.4 Å². The Kier molecular flexibility index (Phi) is 3.71. The molecule has 2 aromatic rings. The van der Waals surface area contributed by atoms with E-state index in [0.717, 1.165) is 12.1 Å². The Hall–Kier alpha value is -2.59. The van der Waals surface area contributed by atoms with Crippen LogP contribution >= 0.6 is 12.2 Å². The molecule has 2 unspecified atom stereocenters. The first-order valence-electron chi connectivity index (χ1n) is 6.48. The first kappa shape index (κ1) is 13.4. The van der Waals surface area contributed by atoms with E-state index < -0.39 is 0 Å². The summed E-state index contributed by atoms with van der Waals surface area (Å²) in [7, 11) is 0. The standard InChI is InChI=1S/C14H12N6S/c15-8-9-4-6-17-20-13(9)19-14(21)18-12-7-10(12)11-3-1-2-5-16-11/h1-6,10,12H,7H2,(H2,18,19,20,21). The SMILES string of the molecule is N#Cc1ccnnc1NC(=S)NC1CC1c1ccccn1. The number of nitriles is 1. The van der Waals surface area contributed by atoms with E-state index in [1.54, 1.807) is 12.3 Å².